The summed E-state index contributed by atoms with van der Waals surface area (Å²) in [6, 6.07) is 4.39. The highest BCUT2D eigenvalue weighted by Gasteiger charge is 2.28. The first kappa shape index (κ1) is 17.9. The fourth-order valence-electron chi connectivity index (χ4n) is 2.74. The molecule has 8 nitrogen and oxygen atoms in total. The predicted molar refractivity (Wildman–Crippen MR) is 84.7 cm³/mol. The van der Waals surface area contributed by atoms with Gasteiger partial charge in [0.05, 0.1) is 17.1 Å². The van der Waals surface area contributed by atoms with Crippen molar-refractivity contribution in [3.05, 3.63) is 39.4 Å². The maximum absolute atomic E-state index is 12.2. The number of morpholine rings is 1. The lowest BCUT2D eigenvalue weighted by Gasteiger charge is -2.35. The average molecular weight is 336 g/mol. The number of para-hydroxylation sites is 1. The van der Waals surface area contributed by atoms with E-state index in [2.05, 4.69) is 0 Å². The molecule has 1 amide bonds. The van der Waals surface area contributed by atoms with Gasteiger partial charge in [0.15, 0.2) is 6.61 Å². The first-order valence-electron chi connectivity index (χ1n) is 7.64. The minimum absolute atomic E-state index is 0.0914. The summed E-state index contributed by atoms with van der Waals surface area (Å²) in [6.45, 7) is 5.65. The van der Waals surface area contributed by atoms with E-state index in [0.29, 0.717) is 18.7 Å². The van der Waals surface area contributed by atoms with Crippen molar-refractivity contribution in [2.75, 3.05) is 19.7 Å². The van der Waals surface area contributed by atoms with Gasteiger partial charge >= 0.3 is 5.97 Å². The molecule has 1 aliphatic rings. The van der Waals surface area contributed by atoms with Crippen LogP contribution in [0.4, 0.5) is 5.69 Å². The summed E-state index contributed by atoms with van der Waals surface area (Å²) in [5, 5.41) is 11.1. The van der Waals surface area contributed by atoms with Gasteiger partial charge in [0.1, 0.15) is 5.56 Å². The number of nitro benzene ring substituents is 1. The van der Waals surface area contributed by atoms with Crippen LogP contribution in [-0.2, 0) is 14.3 Å². The molecule has 24 heavy (non-hydrogen) atoms. The fraction of sp³-hybridized carbons (Fsp3) is 0.500. The zero-order valence-electron chi connectivity index (χ0n) is 13.9. The van der Waals surface area contributed by atoms with Crippen LogP contribution in [0.1, 0.15) is 29.8 Å². The molecular formula is C16H20N2O6. The van der Waals surface area contributed by atoms with Crippen molar-refractivity contribution in [3.63, 3.8) is 0 Å². The molecule has 1 aromatic rings. The van der Waals surface area contributed by atoms with Gasteiger partial charge < -0.3 is 14.4 Å². The highest BCUT2D eigenvalue weighted by atomic mass is 16.6. The number of ether oxygens (including phenoxy) is 2. The van der Waals surface area contributed by atoms with Crippen molar-refractivity contribution in [1.29, 1.82) is 0 Å². The fourth-order valence-corrected chi connectivity index (χ4v) is 2.74. The Labute approximate surface area is 139 Å². The average Bonchev–Trinajstić information content (AvgIpc) is 2.50. The molecule has 130 valence electrons. The first-order valence-corrected chi connectivity index (χ1v) is 7.64. The van der Waals surface area contributed by atoms with E-state index in [-0.39, 0.29) is 29.4 Å². The minimum Gasteiger partial charge on any atom is -0.452 e. The summed E-state index contributed by atoms with van der Waals surface area (Å²) in [7, 11) is 0. The van der Waals surface area contributed by atoms with Crippen LogP contribution in [0.15, 0.2) is 18.2 Å². The van der Waals surface area contributed by atoms with Crippen LogP contribution in [0.3, 0.4) is 0 Å². The van der Waals surface area contributed by atoms with Crippen molar-refractivity contribution in [1.82, 2.24) is 4.90 Å². The summed E-state index contributed by atoms with van der Waals surface area (Å²) in [6.07, 6.45) is -0.183. The van der Waals surface area contributed by atoms with Crippen LogP contribution in [-0.4, -0.2) is 53.6 Å². The van der Waals surface area contributed by atoms with Gasteiger partial charge in [-0.3, -0.25) is 14.9 Å². The van der Waals surface area contributed by atoms with Crippen LogP contribution in [0, 0.1) is 17.0 Å². The number of nitrogens with zero attached hydrogens (tertiary/aromatic N) is 2. The SMILES string of the molecule is Cc1cccc(C(=O)OCC(=O)N2C[C@H](C)O[C@@H](C)C2)c1[N+](=O)[O-]. The van der Waals surface area contributed by atoms with Crippen molar-refractivity contribution in [2.45, 2.75) is 33.0 Å². The Morgan fingerprint density at radius 3 is 2.54 bits per heavy atom. The van der Waals surface area contributed by atoms with Gasteiger partial charge in [-0.2, -0.15) is 0 Å². The van der Waals surface area contributed by atoms with Gasteiger partial charge in [0.25, 0.3) is 11.6 Å². The molecule has 0 bridgehead atoms. The number of benzene rings is 1. The second-order valence-electron chi connectivity index (χ2n) is 5.86. The van der Waals surface area contributed by atoms with E-state index in [9.17, 15) is 19.7 Å². The van der Waals surface area contributed by atoms with E-state index in [4.69, 9.17) is 9.47 Å². The standard InChI is InChI=1S/C16H20N2O6/c1-10-5-4-6-13(15(10)18(21)22)16(20)23-9-14(19)17-7-11(2)24-12(3)8-17/h4-6,11-12H,7-9H2,1-3H3/t11-,12-/m0/s1. The molecule has 0 radical (unpaired) electrons. The number of rotatable bonds is 4. The molecule has 1 fully saturated rings. The number of hydrogen-bond donors (Lipinski definition) is 0. The lowest BCUT2D eigenvalue weighted by Crippen LogP contribution is -2.49. The Morgan fingerprint density at radius 1 is 1.33 bits per heavy atom. The molecule has 0 N–H and O–H groups in total. The number of carbonyl (C=O) groups is 2. The van der Waals surface area contributed by atoms with E-state index in [1.807, 2.05) is 13.8 Å². The number of hydrogen-bond acceptors (Lipinski definition) is 6. The third-order valence-corrected chi connectivity index (χ3v) is 3.74. The molecule has 2 rings (SSSR count). The second-order valence-corrected chi connectivity index (χ2v) is 5.86. The third kappa shape index (κ3) is 4.08. The largest absolute Gasteiger partial charge is 0.452 e. The van der Waals surface area contributed by atoms with Crippen LogP contribution in [0.5, 0.6) is 0 Å². The zero-order chi connectivity index (χ0) is 17.9. The summed E-state index contributed by atoms with van der Waals surface area (Å²) >= 11 is 0. The molecule has 0 unspecified atom stereocenters. The van der Waals surface area contributed by atoms with Gasteiger partial charge in [-0.05, 0) is 26.8 Å². The van der Waals surface area contributed by atoms with Gasteiger partial charge in [-0.15, -0.1) is 0 Å². The monoisotopic (exact) mass is 336 g/mol. The van der Waals surface area contributed by atoms with Crippen LogP contribution in [0.2, 0.25) is 0 Å². The van der Waals surface area contributed by atoms with Gasteiger partial charge in [0, 0.05) is 18.7 Å². The summed E-state index contributed by atoms with van der Waals surface area (Å²) in [4.78, 5) is 36.3. The van der Waals surface area contributed by atoms with Crippen LogP contribution in [0.25, 0.3) is 0 Å². The van der Waals surface area contributed by atoms with E-state index in [1.165, 1.54) is 25.1 Å². The van der Waals surface area contributed by atoms with Crippen molar-refractivity contribution in [2.24, 2.45) is 0 Å². The van der Waals surface area contributed by atoms with Gasteiger partial charge in [-0.1, -0.05) is 12.1 Å². The second kappa shape index (κ2) is 7.39. The zero-order valence-corrected chi connectivity index (χ0v) is 13.9. The molecule has 0 aliphatic carbocycles. The Hall–Kier alpha value is -2.48. The molecule has 1 aliphatic heterocycles. The van der Waals surface area contributed by atoms with E-state index in [0.717, 1.165) is 0 Å². The number of amides is 1. The number of nitro groups is 1. The van der Waals surface area contributed by atoms with Crippen molar-refractivity contribution in [3.8, 4) is 0 Å². The Balaban J connectivity index is 2.02. The number of aryl methyl sites for hydroxylation is 1. The Kier molecular flexibility index (Phi) is 5.50. The lowest BCUT2D eigenvalue weighted by molar-refractivity contribution is -0.385. The molecule has 0 saturated carbocycles. The molecular weight excluding hydrogens is 316 g/mol. The summed E-state index contributed by atoms with van der Waals surface area (Å²) in [5.74, 6) is -1.23. The maximum atomic E-state index is 12.2. The van der Waals surface area contributed by atoms with Crippen molar-refractivity contribution >= 4 is 17.6 Å². The van der Waals surface area contributed by atoms with E-state index >= 15 is 0 Å². The third-order valence-electron chi connectivity index (χ3n) is 3.74. The molecule has 2 atom stereocenters. The quantitative estimate of drug-likeness (QED) is 0.471. The molecule has 0 spiro atoms. The molecule has 1 heterocycles. The highest BCUT2D eigenvalue weighted by molar-refractivity contribution is 5.95. The first-order chi connectivity index (χ1) is 11.3. The van der Waals surface area contributed by atoms with Crippen molar-refractivity contribution < 1.29 is 24.0 Å². The normalized spacial score (nSPS) is 20.5. The summed E-state index contributed by atoms with van der Waals surface area (Å²) < 4.78 is 10.5. The summed E-state index contributed by atoms with van der Waals surface area (Å²) in [5.41, 5.74) is -0.100. The van der Waals surface area contributed by atoms with E-state index < -0.39 is 17.5 Å². The molecule has 0 aromatic heterocycles. The number of esters is 1. The Morgan fingerprint density at radius 2 is 1.96 bits per heavy atom. The highest BCUT2D eigenvalue weighted by Crippen LogP contribution is 2.23. The van der Waals surface area contributed by atoms with Crippen LogP contribution < -0.4 is 0 Å². The molecule has 8 heteroatoms. The Bertz CT molecular complexity index is 650. The molecule has 1 aromatic carbocycles. The van der Waals surface area contributed by atoms with Gasteiger partial charge in [0.2, 0.25) is 0 Å². The smallest absolute Gasteiger partial charge is 0.345 e. The van der Waals surface area contributed by atoms with Crippen LogP contribution >= 0.6 is 0 Å². The predicted octanol–water partition coefficient (Wildman–Crippen LogP) is 1.70. The van der Waals surface area contributed by atoms with Gasteiger partial charge in [-0.25, -0.2) is 4.79 Å². The van der Waals surface area contributed by atoms with E-state index in [1.54, 1.807) is 4.90 Å². The minimum atomic E-state index is -0.881. The topological polar surface area (TPSA) is 99.0 Å². The lowest BCUT2D eigenvalue weighted by atomic mass is 10.1. The maximum Gasteiger partial charge on any atom is 0.345 e. The molecule has 1 saturated heterocycles. The number of carbonyl (C=O) groups excluding carboxylic acids is 2.